The third-order valence-electron chi connectivity index (χ3n) is 8.55. The zero-order valence-electron chi connectivity index (χ0n) is 29.7. The Morgan fingerprint density at radius 2 is 0.933 bits per heavy atom. The van der Waals surface area contributed by atoms with Gasteiger partial charge in [0, 0.05) is 6.42 Å². The highest BCUT2D eigenvalue weighted by Gasteiger charge is 2.42. The fourth-order valence-electron chi connectivity index (χ4n) is 5.51. The third kappa shape index (κ3) is 29.8. The lowest BCUT2D eigenvalue weighted by Crippen LogP contribution is -2.49. The maximum Gasteiger partial charge on any atom is 0.400 e. The van der Waals surface area contributed by atoms with E-state index < -0.39 is 24.7 Å². The standard InChI is InChI=1S/C39H74O6/c1-3-5-7-9-11-13-15-17-19-21-23-25-27-29-31-33-35-44-39(43,37(41)36-40)45-38(42)34-32-30-28-26-24-22-20-18-16-14-12-10-8-6-4-2/h24,26,33,35,37,40-41,43H,3-23,25,27-32,34,36H2,1-2H3/b26-24+,35-33?. The van der Waals surface area contributed by atoms with Crippen LogP contribution in [0.5, 0.6) is 0 Å². The Morgan fingerprint density at radius 1 is 0.578 bits per heavy atom. The molecule has 0 aliphatic carbocycles. The van der Waals surface area contributed by atoms with E-state index in [9.17, 15) is 20.1 Å². The van der Waals surface area contributed by atoms with Gasteiger partial charge in [-0.2, -0.15) is 0 Å². The van der Waals surface area contributed by atoms with Crippen molar-refractivity contribution in [3.8, 4) is 0 Å². The smallest absolute Gasteiger partial charge is 0.400 e. The summed E-state index contributed by atoms with van der Waals surface area (Å²) >= 11 is 0. The second-order valence-corrected chi connectivity index (χ2v) is 13.0. The predicted molar refractivity (Wildman–Crippen MR) is 189 cm³/mol. The van der Waals surface area contributed by atoms with Gasteiger partial charge in [0.1, 0.15) is 0 Å². The lowest BCUT2D eigenvalue weighted by molar-refractivity contribution is -0.362. The molecule has 0 aromatic carbocycles. The quantitative estimate of drug-likeness (QED) is 0.0210. The molecule has 2 unspecified atom stereocenters. The second-order valence-electron chi connectivity index (χ2n) is 13.0. The van der Waals surface area contributed by atoms with Crippen molar-refractivity contribution in [2.75, 3.05) is 6.61 Å². The van der Waals surface area contributed by atoms with Crippen LogP contribution in [0.3, 0.4) is 0 Å². The summed E-state index contributed by atoms with van der Waals surface area (Å²) in [7, 11) is 0. The first kappa shape index (κ1) is 43.6. The molecule has 0 aromatic rings. The molecule has 0 bridgehead atoms. The van der Waals surface area contributed by atoms with E-state index in [1.165, 1.54) is 141 Å². The van der Waals surface area contributed by atoms with Gasteiger partial charge in [-0.05, 0) is 51.0 Å². The molecule has 3 N–H and O–H groups in total. The highest BCUT2D eigenvalue weighted by Crippen LogP contribution is 2.19. The van der Waals surface area contributed by atoms with Gasteiger partial charge in [-0.25, -0.2) is 0 Å². The normalized spacial score (nSPS) is 13.9. The number of carbonyl (C=O) groups is 1. The van der Waals surface area contributed by atoms with Crippen molar-refractivity contribution < 1.29 is 29.6 Å². The fraction of sp³-hybridized carbons (Fsp3) is 0.872. The monoisotopic (exact) mass is 639 g/mol. The molecule has 0 fully saturated rings. The van der Waals surface area contributed by atoms with Crippen molar-refractivity contribution in [2.24, 2.45) is 0 Å². The molecule has 0 aliphatic rings. The average Bonchev–Trinajstić information content (AvgIpc) is 3.03. The number of esters is 1. The molecule has 0 rings (SSSR count). The van der Waals surface area contributed by atoms with Gasteiger partial charge in [-0.3, -0.25) is 4.79 Å². The number of hydrogen-bond acceptors (Lipinski definition) is 6. The molecule has 0 spiro atoms. The largest absolute Gasteiger partial charge is 0.436 e. The van der Waals surface area contributed by atoms with E-state index in [-0.39, 0.29) is 6.42 Å². The van der Waals surface area contributed by atoms with Crippen LogP contribution >= 0.6 is 0 Å². The van der Waals surface area contributed by atoms with Gasteiger partial charge in [0.2, 0.25) is 0 Å². The second kappa shape index (κ2) is 34.0. The first-order chi connectivity index (χ1) is 22.0. The van der Waals surface area contributed by atoms with Crippen molar-refractivity contribution in [3.63, 3.8) is 0 Å². The van der Waals surface area contributed by atoms with E-state index in [2.05, 4.69) is 26.0 Å². The molecule has 266 valence electrons. The molecule has 2 atom stereocenters. The summed E-state index contributed by atoms with van der Waals surface area (Å²) in [5, 5.41) is 29.9. The van der Waals surface area contributed by atoms with Crippen LogP contribution in [0, 0.1) is 0 Å². The van der Waals surface area contributed by atoms with Crippen LogP contribution < -0.4 is 0 Å². The zero-order valence-corrected chi connectivity index (χ0v) is 29.7. The van der Waals surface area contributed by atoms with E-state index in [0.717, 1.165) is 38.5 Å². The summed E-state index contributed by atoms with van der Waals surface area (Å²) < 4.78 is 10.3. The van der Waals surface area contributed by atoms with Crippen LogP contribution in [0.25, 0.3) is 0 Å². The summed E-state index contributed by atoms with van der Waals surface area (Å²) in [4.78, 5) is 12.3. The van der Waals surface area contributed by atoms with Crippen molar-refractivity contribution in [2.45, 2.75) is 212 Å². The minimum atomic E-state index is -2.59. The lowest BCUT2D eigenvalue weighted by atomic mass is 10.0. The molecule has 0 aromatic heterocycles. The number of aliphatic hydroxyl groups is 3. The summed E-state index contributed by atoms with van der Waals surface area (Å²) in [6.07, 6.45) is 40.3. The van der Waals surface area contributed by atoms with Crippen LogP contribution in [-0.4, -0.2) is 40.0 Å². The summed E-state index contributed by atoms with van der Waals surface area (Å²) in [6, 6.07) is 0. The number of rotatable bonds is 35. The van der Waals surface area contributed by atoms with E-state index in [1.807, 2.05) is 0 Å². The van der Waals surface area contributed by atoms with Gasteiger partial charge in [-0.1, -0.05) is 161 Å². The van der Waals surface area contributed by atoms with Crippen LogP contribution in [-0.2, 0) is 14.3 Å². The van der Waals surface area contributed by atoms with Crippen molar-refractivity contribution >= 4 is 5.97 Å². The molecule has 0 radical (unpaired) electrons. The number of ether oxygens (including phenoxy) is 2. The molecule has 0 amide bonds. The Bertz CT molecular complexity index is 678. The molecule has 0 saturated carbocycles. The molecule has 6 nitrogen and oxygen atoms in total. The Labute approximate surface area is 278 Å². The summed E-state index contributed by atoms with van der Waals surface area (Å²) in [5.41, 5.74) is 0. The molecular formula is C39H74O6. The van der Waals surface area contributed by atoms with Crippen LogP contribution in [0.1, 0.15) is 200 Å². The van der Waals surface area contributed by atoms with Crippen LogP contribution in [0.15, 0.2) is 24.5 Å². The SMILES string of the molecule is CCCCCCCCCCC/C=C/CCCCC(=O)OC(O)(OC=CCCCCCCCCCCCCCCCC)C(O)CO. The van der Waals surface area contributed by atoms with Gasteiger partial charge in [0.25, 0.3) is 0 Å². The fourth-order valence-corrected chi connectivity index (χ4v) is 5.51. The maximum absolute atomic E-state index is 12.3. The van der Waals surface area contributed by atoms with Gasteiger partial charge in [-0.15, -0.1) is 0 Å². The van der Waals surface area contributed by atoms with Gasteiger partial charge < -0.3 is 24.8 Å². The van der Waals surface area contributed by atoms with Crippen LogP contribution in [0.2, 0.25) is 0 Å². The highest BCUT2D eigenvalue weighted by atomic mass is 16.8. The maximum atomic E-state index is 12.3. The molecule has 6 heteroatoms. The average molecular weight is 639 g/mol. The Hall–Kier alpha value is -1.37. The first-order valence-electron chi connectivity index (χ1n) is 19.2. The number of carbonyl (C=O) groups excluding carboxylic acids is 1. The molecule has 0 heterocycles. The number of allylic oxidation sites excluding steroid dienone is 3. The molecule has 0 saturated heterocycles. The third-order valence-corrected chi connectivity index (χ3v) is 8.55. The zero-order chi connectivity index (χ0) is 33.1. The van der Waals surface area contributed by atoms with Crippen molar-refractivity contribution in [1.82, 2.24) is 0 Å². The van der Waals surface area contributed by atoms with E-state index in [0.29, 0.717) is 6.42 Å². The summed E-state index contributed by atoms with van der Waals surface area (Å²) in [5.74, 6) is -3.25. The molecule has 0 aliphatic heterocycles. The number of unbranched alkanes of at least 4 members (excludes halogenated alkanes) is 25. The number of aliphatic hydroxyl groups excluding tert-OH is 2. The van der Waals surface area contributed by atoms with Crippen molar-refractivity contribution in [1.29, 1.82) is 0 Å². The lowest BCUT2D eigenvalue weighted by Gasteiger charge is -2.29. The van der Waals surface area contributed by atoms with Crippen LogP contribution in [0.4, 0.5) is 0 Å². The first-order valence-corrected chi connectivity index (χ1v) is 19.2. The van der Waals surface area contributed by atoms with Crippen molar-refractivity contribution in [3.05, 3.63) is 24.5 Å². The minimum absolute atomic E-state index is 0.110. The van der Waals surface area contributed by atoms with E-state index in [1.54, 1.807) is 6.08 Å². The number of hydrogen-bond donors (Lipinski definition) is 3. The topological polar surface area (TPSA) is 96.2 Å². The summed E-state index contributed by atoms with van der Waals surface area (Å²) in [6.45, 7) is 3.73. The molecular weight excluding hydrogens is 564 g/mol. The Kier molecular flexibility index (Phi) is 32.9. The van der Waals surface area contributed by atoms with Gasteiger partial charge in [0.05, 0.1) is 12.9 Å². The van der Waals surface area contributed by atoms with E-state index >= 15 is 0 Å². The van der Waals surface area contributed by atoms with Gasteiger partial charge in [0.15, 0.2) is 6.10 Å². The minimum Gasteiger partial charge on any atom is -0.436 e. The molecule has 45 heavy (non-hydrogen) atoms. The van der Waals surface area contributed by atoms with E-state index in [4.69, 9.17) is 9.47 Å². The Morgan fingerprint density at radius 3 is 1.33 bits per heavy atom. The van der Waals surface area contributed by atoms with Gasteiger partial charge >= 0.3 is 11.9 Å². The predicted octanol–water partition coefficient (Wildman–Crippen LogP) is 11.0. The Balaban J connectivity index is 3.87. The highest BCUT2D eigenvalue weighted by molar-refractivity contribution is 5.69.